The summed E-state index contributed by atoms with van der Waals surface area (Å²) in [4.78, 5) is 22.4. The number of urea groups is 1. The maximum Gasteiger partial charge on any atom is 0.405 e. The van der Waals surface area contributed by atoms with E-state index in [0.717, 1.165) is 5.56 Å². The van der Waals surface area contributed by atoms with Crippen LogP contribution in [0.5, 0.6) is 0 Å². The highest BCUT2D eigenvalue weighted by Crippen LogP contribution is 2.12. The van der Waals surface area contributed by atoms with Gasteiger partial charge in [0.1, 0.15) is 6.54 Å². The number of nitrogens with one attached hydrogen (secondary N) is 3. The van der Waals surface area contributed by atoms with Crippen LogP contribution in [-0.4, -0.2) is 31.2 Å². The second-order valence-electron chi connectivity index (χ2n) is 4.36. The lowest BCUT2D eigenvalue weighted by atomic mass is 10.1. The number of carbonyl (C=O) groups is 2. The Morgan fingerprint density at radius 1 is 1.19 bits per heavy atom. The lowest BCUT2D eigenvalue weighted by molar-refractivity contribution is -0.124. The Balaban J connectivity index is 2.29. The molecule has 0 aliphatic rings. The predicted octanol–water partition coefficient (Wildman–Crippen LogP) is 1.73. The van der Waals surface area contributed by atoms with Crippen molar-refractivity contribution >= 4 is 11.9 Å². The topological polar surface area (TPSA) is 70.2 Å². The fraction of sp³-hybridized carbons (Fsp3) is 0.385. The van der Waals surface area contributed by atoms with Crippen molar-refractivity contribution in [3.8, 4) is 0 Å². The molecule has 0 aliphatic heterocycles. The van der Waals surface area contributed by atoms with Crippen molar-refractivity contribution in [3.63, 3.8) is 0 Å². The molecule has 0 fully saturated rings. The van der Waals surface area contributed by atoms with Gasteiger partial charge < -0.3 is 10.6 Å². The summed E-state index contributed by atoms with van der Waals surface area (Å²) in [5.74, 6) is -0.711. The summed E-state index contributed by atoms with van der Waals surface area (Å²) in [7, 11) is 0. The van der Waals surface area contributed by atoms with Crippen molar-refractivity contribution in [2.45, 2.75) is 19.1 Å². The summed E-state index contributed by atoms with van der Waals surface area (Å²) in [5, 5.41) is 6.22. The smallest absolute Gasteiger partial charge is 0.329 e. The van der Waals surface area contributed by atoms with Crippen molar-refractivity contribution in [2.24, 2.45) is 0 Å². The maximum atomic E-state index is 11.9. The van der Waals surface area contributed by atoms with E-state index in [1.165, 1.54) is 0 Å². The molecule has 1 rings (SSSR count). The lowest BCUT2D eigenvalue weighted by Crippen LogP contribution is -2.46. The molecule has 0 heterocycles. The summed E-state index contributed by atoms with van der Waals surface area (Å²) < 4.78 is 35.6. The van der Waals surface area contributed by atoms with Crippen LogP contribution >= 0.6 is 0 Å². The first-order chi connectivity index (χ1) is 9.78. The molecular weight excluding hydrogens is 287 g/mol. The Labute approximate surface area is 119 Å². The van der Waals surface area contributed by atoms with Gasteiger partial charge in [0.05, 0.1) is 6.54 Å². The third kappa shape index (κ3) is 7.31. The Hall–Kier alpha value is -2.09. The average molecular weight is 303 g/mol. The Morgan fingerprint density at radius 3 is 2.38 bits per heavy atom. The molecule has 0 aromatic heterocycles. The van der Waals surface area contributed by atoms with Gasteiger partial charge in [-0.25, -0.2) is 4.79 Å². The van der Waals surface area contributed by atoms with Gasteiger partial charge in [0.15, 0.2) is 0 Å². The molecule has 0 unspecified atom stereocenters. The van der Waals surface area contributed by atoms with Crippen LogP contribution in [0.4, 0.5) is 18.0 Å². The minimum Gasteiger partial charge on any atom is -0.329 e. The van der Waals surface area contributed by atoms with E-state index < -0.39 is 24.7 Å². The first kappa shape index (κ1) is 17.0. The molecule has 3 N–H and O–H groups in total. The molecule has 3 amide bonds. The normalized spacial score (nSPS) is 12.6. The number of amides is 3. The molecule has 0 spiro atoms. The van der Waals surface area contributed by atoms with Gasteiger partial charge in [-0.3, -0.25) is 10.1 Å². The number of carbonyl (C=O) groups excluding carboxylic acids is 2. The Morgan fingerprint density at radius 2 is 1.81 bits per heavy atom. The second-order valence-corrected chi connectivity index (χ2v) is 4.36. The number of hydrogen-bond donors (Lipinski definition) is 3. The van der Waals surface area contributed by atoms with Gasteiger partial charge in [-0.05, 0) is 12.5 Å². The lowest BCUT2D eigenvalue weighted by Gasteiger charge is -2.14. The highest BCUT2D eigenvalue weighted by atomic mass is 19.4. The third-order valence-electron chi connectivity index (χ3n) is 2.57. The first-order valence-corrected chi connectivity index (χ1v) is 6.20. The molecule has 0 aliphatic carbocycles. The average Bonchev–Trinajstić information content (AvgIpc) is 2.43. The van der Waals surface area contributed by atoms with Gasteiger partial charge in [-0.15, -0.1) is 0 Å². The Kier molecular flexibility index (Phi) is 6.16. The van der Waals surface area contributed by atoms with Crippen LogP contribution in [0.3, 0.4) is 0 Å². The monoisotopic (exact) mass is 303 g/mol. The molecule has 5 nitrogen and oxygen atoms in total. The summed E-state index contributed by atoms with van der Waals surface area (Å²) in [6.45, 7) is 0.155. The van der Waals surface area contributed by atoms with Crippen LogP contribution in [-0.2, 0) is 4.79 Å². The van der Waals surface area contributed by atoms with Crippen LogP contribution in [0.15, 0.2) is 30.3 Å². The zero-order valence-corrected chi connectivity index (χ0v) is 11.3. The van der Waals surface area contributed by atoms with Crippen LogP contribution in [0.25, 0.3) is 0 Å². The van der Waals surface area contributed by atoms with E-state index in [9.17, 15) is 22.8 Å². The number of rotatable bonds is 5. The molecule has 0 saturated carbocycles. The van der Waals surface area contributed by atoms with Gasteiger partial charge >= 0.3 is 12.2 Å². The molecule has 1 aromatic rings. The zero-order valence-electron chi connectivity index (χ0n) is 11.3. The number of hydrogen-bond acceptors (Lipinski definition) is 3. The molecule has 21 heavy (non-hydrogen) atoms. The highest BCUT2D eigenvalue weighted by molar-refractivity contribution is 5.95. The van der Waals surface area contributed by atoms with Crippen LogP contribution in [0.1, 0.15) is 18.5 Å². The van der Waals surface area contributed by atoms with Crippen molar-refractivity contribution in [1.29, 1.82) is 0 Å². The third-order valence-corrected chi connectivity index (χ3v) is 2.57. The molecular formula is C13H16F3N3O2. The van der Waals surface area contributed by atoms with Crippen molar-refractivity contribution in [3.05, 3.63) is 35.9 Å². The molecule has 1 aromatic carbocycles. The summed E-state index contributed by atoms with van der Waals surface area (Å²) in [6, 6.07) is 7.98. The second kappa shape index (κ2) is 7.63. The molecule has 0 saturated heterocycles. The maximum absolute atomic E-state index is 11.9. The van der Waals surface area contributed by atoms with Crippen LogP contribution < -0.4 is 16.0 Å². The summed E-state index contributed by atoms with van der Waals surface area (Å²) in [6.07, 6.45) is -4.51. The van der Waals surface area contributed by atoms with Gasteiger partial charge in [0, 0.05) is 6.04 Å². The van der Waals surface area contributed by atoms with Crippen LogP contribution in [0.2, 0.25) is 0 Å². The van der Waals surface area contributed by atoms with E-state index >= 15 is 0 Å². The fourth-order valence-corrected chi connectivity index (χ4v) is 1.50. The van der Waals surface area contributed by atoms with Gasteiger partial charge in [-0.1, -0.05) is 30.3 Å². The highest BCUT2D eigenvalue weighted by Gasteiger charge is 2.27. The minimum atomic E-state index is -4.51. The van der Waals surface area contributed by atoms with Gasteiger partial charge in [0.25, 0.3) is 0 Å². The number of benzene rings is 1. The zero-order chi connectivity index (χ0) is 15.9. The molecule has 0 bridgehead atoms. The van der Waals surface area contributed by atoms with E-state index in [1.54, 1.807) is 5.32 Å². The quantitative estimate of drug-likeness (QED) is 0.776. The number of alkyl halides is 3. The summed E-state index contributed by atoms with van der Waals surface area (Å²) >= 11 is 0. The molecule has 1 atom stereocenters. The van der Waals surface area contributed by atoms with Gasteiger partial charge in [0.2, 0.25) is 5.91 Å². The van der Waals surface area contributed by atoms with Crippen molar-refractivity contribution in [1.82, 2.24) is 16.0 Å². The number of halogens is 3. The van der Waals surface area contributed by atoms with E-state index in [0.29, 0.717) is 0 Å². The Bertz CT molecular complexity index is 477. The van der Waals surface area contributed by atoms with E-state index in [2.05, 4.69) is 5.32 Å². The van der Waals surface area contributed by atoms with E-state index in [1.807, 2.05) is 42.6 Å². The largest absolute Gasteiger partial charge is 0.405 e. The SMILES string of the molecule is C[C@H](NCC(=O)NC(=O)NCC(F)(F)F)c1ccccc1. The van der Waals surface area contributed by atoms with E-state index in [-0.39, 0.29) is 12.6 Å². The standard InChI is InChI=1S/C13H16F3N3O2/c1-9(10-5-3-2-4-6-10)17-7-11(20)19-12(21)18-8-13(14,15)16/h2-6,9,17H,7-8H2,1H3,(H2,18,19,20,21)/t9-/m0/s1. The van der Waals surface area contributed by atoms with Crippen LogP contribution in [0, 0.1) is 0 Å². The molecule has 116 valence electrons. The first-order valence-electron chi connectivity index (χ1n) is 6.20. The van der Waals surface area contributed by atoms with E-state index in [4.69, 9.17) is 0 Å². The predicted molar refractivity (Wildman–Crippen MR) is 70.5 cm³/mol. The van der Waals surface area contributed by atoms with Crippen molar-refractivity contribution < 1.29 is 22.8 Å². The van der Waals surface area contributed by atoms with Crippen molar-refractivity contribution in [2.75, 3.05) is 13.1 Å². The van der Waals surface area contributed by atoms with Gasteiger partial charge in [-0.2, -0.15) is 13.2 Å². The summed E-state index contributed by atoms with van der Waals surface area (Å²) in [5.41, 5.74) is 0.951. The fourth-order valence-electron chi connectivity index (χ4n) is 1.50. The molecule has 0 radical (unpaired) electrons. The number of imide groups is 1. The molecule has 8 heteroatoms. The minimum absolute atomic E-state index is 0.129.